The molecule has 0 atom stereocenters. The van der Waals surface area contributed by atoms with E-state index in [1.165, 1.54) is 12.2 Å². The molecule has 0 aliphatic rings. The first-order valence-corrected chi connectivity index (χ1v) is 2.66. The number of hydrogen-bond donors (Lipinski definition) is 1. The van der Waals surface area contributed by atoms with E-state index in [-0.39, 0.29) is 12.5 Å². The van der Waals surface area contributed by atoms with Crippen molar-refractivity contribution in [3.63, 3.8) is 0 Å². The second kappa shape index (κ2) is 4.29. The lowest BCUT2D eigenvalue weighted by atomic mass is 10.6. The Morgan fingerprint density at radius 2 is 2.33 bits per heavy atom. The summed E-state index contributed by atoms with van der Waals surface area (Å²) in [5.41, 5.74) is 0. The van der Waals surface area contributed by atoms with E-state index in [0.717, 1.165) is 0 Å². The number of hydrogen-bond acceptors (Lipinski definition) is 3. The van der Waals surface area contributed by atoms with E-state index in [2.05, 4.69) is 5.32 Å². The third kappa shape index (κ3) is 3.93. The summed E-state index contributed by atoms with van der Waals surface area (Å²) in [4.78, 5) is 15.2. The van der Waals surface area contributed by atoms with Gasteiger partial charge in [0.1, 0.15) is 6.54 Å². The van der Waals surface area contributed by atoms with Crippen LogP contribution in [0, 0.1) is 0 Å². The lowest BCUT2D eigenvalue weighted by molar-refractivity contribution is -0.141. The van der Waals surface area contributed by atoms with Gasteiger partial charge in [0.15, 0.2) is 0 Å². The van der Waals surface area contributed by atoms with Gasteiger partial charge < -0.3 is 10.2 Å². The molecule has 4 heteroatoms. The smallest absolute Gasteiger partial charge is 0.236 e. The molecule has 0 saturated carbocycles. The predicted molar refractivity (Wildman–Crippen MR) is 33.7 cm³/mol. The highest BCUT2D eigenvalue weighted by Crippen LogP contribution is 1.78. The molecule has 0 saturated heterocycles. The number of nitrogens with zero attached hydrogens (tertiary/aromatic N) is 1. The third-order valence-corrected chi connectivity index (χ3v) is 0.957. The van der Waals surface area contributed by atoms with Crippen LogP contribution >= 0.6 is 0 Å². The number of rotatable bonds is 3. The van der Waals surface area contributed by atoms with Crippen molar-refractivity contribution < 1.29 is 9.63 Å². The summed E-state index contributed by atoms with van der Waals surface area (Å²) in [6, 6.07) is 0. The second-order valence-corrected chi connectivity index (χ2v) is 1.64. The normalized spacial score (nSPS) is 9.78. The largest absolute Gasteiger partial charge is 0.358 e. The molecule has 0 spiro atoms. The first-order valence-electron chi connectivity index (χ1n) is 2.66. The van der Waals surface area contributed by atoms with E-state index in [1.807, 2.05) is 0 Å². The Morgan fingerprint density at radius 1 is 1.78 bits per heavy atom. The second-order valence-electron chi connectivity index (χ2n) is 1.64. The highest BCUT2D eigenvalue weighted by atomic mass is 16.7. The molecular formula is C5H12N2O2. The predicted octanol–water partition coefficient (Wildman–Crippen LogP) is -0.774. The average Bonchev–Trinajstić information content (AvgIpc) is 1.87. The Bertz CT molecular complexity index is 95.0. The highest BCUT2D eigenvalue weighted by Gasteiger charge is 2.00. The molecule has 0 aromatic heterocycles. The van der Waals surface area contributed by atoms with Gasteiger partial charge in [0.2, 0.25) is 5.91 Å². The van der Waals surface area contributed by atoms with Gasteiger partial charge in [-0.15, -0.1) is 0 Å². The molecule has 9 heavy (non-hydrogen) atoms. The van der Waals surface area contributed by atoms with E-state index in [4.69, 9.17) is 4.84 Å². The zero-order valence-electron chi connectivity index (χ0n) is 5.97. The Kier molecular flexibility index (Phi) is 4.00. The van der Waals surface area contributed by atoms with Crippen molar-refractivity contribution in [1.82, 2.24) is 10.4 Å². The van der Waals surface area contributed by atoms with Crippen LogP contribution in [0.15, 0.2) is 0 Å². The fourth-order valence-electron chi connectivity index (χ4n) is 0.346. The first-order chi connectivity index (χ1) is 4.20. The van der Waals surface area contributed by atoms with Crippen LogP contribution in [0.2, 0.25) is 0 Å². The van der Waals surface area contributed by atoms with Gasteiger partial charge >= 0.3 is 0 Å². The molecule has 0 bridgehead atoms. The van der Waals surface area contributed by atoms with Crippen molar-refractivity contribution in [2.75, 3.05) is 27.7 Å². The topological polar surface area (TPSA) is 41.6 Å². The summed E-state index contributed by atoms with van der Waals surface area (Å²) in [5, 5.41) is 3.91. The summed E-state index contributed by atoms with van der Waals surface area (Å²) >= 11 is 0. The molecule has 0 fully saturated rings. The fourth-order valence-corrected chi connectivity index (χ4v) is 0.346. The highest BCUT2D eigenvalue weighted by molar-refractivity contribution is 5.77. The molecule has 54 valence electrons. The standard InChI is InChI=1S/C5H12N2O2/c1-6-5(8)4-7(2)9-3/h4H2,1-3H3,(H,6,8). The van der Waals surface area contributed by atoms with Gasteiger partial charge in [-0.3, -0.25) is 4.79 Å². The monoisotopic (exact) mass is 132 g/mol. The SMILES string of the molecule is CNC(=O)CN(C)OC. The zero-order valence-corrected chi connectivity index (χ0v) is 5.97. The first kappa shape index (κ1) is 8.39. The van der Waals surface area contributed by atoms with E-state index >= 15 is 0 Å². The van der Waals surface area contributed by atoms with Crippen molar-refractivity contribution >= 4 is 5.91 Å². The van der Waals surface area contributed by atoms with Crippen molar-refractivity contribution in [3.05, 3.63) is 0 Å². The summed E-state index contributed by atoms with van der Waals surface area (Å²) in [6.45, 7) is 0.271. The summed E-state index contributed by atoms with van der Waals surface area (Å²) in [7, 11) is 4.80. The minimum absolute atomic E-state index is 0.0562. The number of amides is 1. The Morgan fingerprint density at radius 3 is 2.67 bits per heavy atom. The van der Waals surface area contributed by atoms with Gasteiger partial charge in [-0.05, 0) is 0 Å². The molecule has 4 nitrogen and oxygen atoms in total. The molecule has 0 aliphatic carbocycles. The van der Waals surface area contributed by atoms with Gasteiger partial charge in [-0.2, -0.15) is 5.06 Å². The zero-order chi connectivity index (χ0) is 7.28. The minimum atomic E-state index is -0.0562. The van der Waals surface area contributed by atoms with Crippen molar-refractivity contribution in [1.29, 1.82) is 0 Å². The number of likely N-dealkylation sites (N-methyl/N-ethyl adjacent to an activating group) is 2. The molecule has 0 aliphatic heterocycles. The summed E-state index contributed by atoms with van der Waals surface area (Å²) < 4.78 is 0. The maximum Gasteiger partial charge on any atom is 0.236 e. The molecule has 0 unspecified atom stereocenters. The number of carbonyl (C=O) groups is 1. The van der Waals surface area contributed by atoms with Crippen LogP contribution in [-0.4, -0.2) is 38.7 Å². The van der Waals surface area contributed by atoms with Crippen LogP contribution < -0.4 is 5.32 Å². The minimum Gasteiger partial charge on any atom is -0.358 e. The van der Waals surface area contributed by atoms with Crippen molar-refractivity contribution in [2.24, 2.45) is 0 Å². The Hall–Kier alpha value is -0.610. The van der Waals surface area contributed by atoms with Crippen LogP contribution in [0.1, 0.15) is 0 Å². The molecular weight excluding hydrogens is 120 g/mol. The molecule has 0 rings (SSSR count). The van der Waals surface area contributed by atoms with Gasteiger partial charge in [-0.1, -0.05) is 0 Å². The molecule has 1 amide bonds. The molecule has 0 heterocycles. The van der Waals surface area contributed by atoms with Crippen LogP contribution in [0.4, 0.5) is 0 Å². The summed E-state index contributed by atoms with van der Waals surface area (Å²) in [5.74, 6) is -0.0562. The Labute approximate surface area is 54.7 Å². The van der Waals surface area contributed by atoms with Gasteiger partial charge in [0.05, 0.1) is 7.11 Å². The number of carbonyl (C=O) groups excluding carboxylic acids is 1. The van der Waals surface area contributed by atoms with Gasteiger partial charge in [-0.25, -0.2) is 0 Å². The maximum atomic E-state index is 10.5. The van der Waals surface area contributed by atoms with Gasteiger partial charge in [0.25, 0.3) is 0 Å². The van der Waals surface area contributed by atoms with E-state index in [0.29, 0.717) is 0 Å². The van der Waals surface area contributed by atoms with E-state index in [9.17, 15) is 4.79 Å². The molecule has 0 radical (unpaired) electrons. The lowest BCUT2D eigenvalue weighted by Crippen LogP contribution is -2.32. The van der Waals surface area contributed by atoms with Gasteiger partial charge in [0, 0.05) is 14.1 Å². The number of hydroxylamine groups is 2. The molecule has 1 N–H and O–H groups in total. The van der Waals surface area contributed by atoms with Crippen molar-refractivity contribution in [3.8, 4) is 0 Å². The average molecular weight is 132 g/mol. The quantitative estimate of drug-likeness (QED) is 0.512. The van der Waals surface area contributed by atoms with Crippen LogP contribution in [0.3, 0.4) is 0 Å². The fraction of sp³-hybridized carbons (Fsp3) is 0.800. The lowest BCUT2D eigenvalue weighted by Gasteiger charge is -2.10. The van der Waals surface area contributed by atoms with Crippen LogP contribution in [0.5, 0.6) is 0 Å². The van der Waals surface area contributed by atoms with Crippen LogP contribution in [-0.2, 0) is 9.63 Å². The van der Waals surface area contributed by atoms with E-state index < -0.39 is 0 Å². The van der Waals surface area contributed by atoms with Crippen molar-refractivity contribution in [2.45, 2.75) is 0 Å². The molecule has 0 aromatic carbocycles. The third-order valence-electron chi connectivity index (χ3n) is 0.957. The van der Waals surface area contributed by atoms with Crippen LogP contribution in [0.25, 0.3) is 0 Å². The maximum absolute atomic E-state index is 10.5. The Balaban J connectivity index is 3.34. The van der Waals surface area contributed by atoms with E-state index in [1.54, 1.807) is 14.1 Å². The summed E-state index contributed by atoms with van der Waals surface area (Å²) in [6.07, 6.45) is 0. The molecule has 0 aromatic rings. The number of nitrogens with one attached hydrogen (secondary N) is 1.